The number of nitrogens with two attached hydrogens (primary N) is 1. The quantitative estimate of drug-likeness (QED) is 0.237. The average Bonchev–Trinajstić information content (AvgIpc) is 2.88. The van der Waals surface area contributed by atoms with Gasteiger partial charge in [-0.3, -0.25) is 14.4 Å². The summed E-state index contributed by atoms with van der Waals surface area (Å²) >= 11 is 6.41. The van der Waals surface area contributed by atoms with Crippen molar-refractivity contribution in [2.75, 3.05) is 11.9 Å². The molecule has 0 radical (unpaired) electrons. The molecule has 0 saturated carbocycles. The van der Waals surface area contributed by atoms with Crippen LogP contribution < -0.4 is 16.4 Å². The summed E-state index contributed by atoms with van der Waals surface area (Å²) in [4.78, 5) is 54.2. The summed E-state index contributed by atoms with van der Waals surface area (Å²) in [5, 5.41) is 5.77. The molecule has 2 aromatic carbocycles. The fourth-order valence-electron chi connectivity index (χ4n) is 4.39. The van der Waals surface area contributed by atoms with E-state index in [0.717, 1.165) is 31.2 Å². The van der Waals surface area contributed by atoms with E-state index in [9.17, 15) is 19.2 Å². The molecule has 0 aromatic heterocycles. The molecule has 4 amide bonds. The molecular weight excluding hydrogens is 544 g/mol. The molecule has 224 valence electrons. The van der Waals surface area contributed by atoms with Crippen LogP contribution in [0.2, 0.25) is 5.02 Å². The number of nitrogens with one attached hydrogen (secondary N) is 2. The molecule has 0 spiro atoms. The Hall–Kier alpha value is -3.59. The zero-order chi connectivity index (χ0) is 30.6. The van der Waals surface area contributed by atoms with Gasteiger partial charge in [0.25, 0.3) is 5.91 Å². The van der Waals surface area contributed by atoms with Gasteiger partial charge in [-0.1, -0.05) is 86.7 Å². The number of amides is 4. The molecule has 9 nitrogen and oxygen atoms in total. The van der Waals surface area contributed by atoms with Crippen molar-refractivity contribution in [1.82, 2.24) is 10.2 Å². The van der Waals surface area contributed by atoms with E-state index in [4.69, 9.17) is 22.1 Å². The smallest absolute Gasteiger partial charge is 0.408 e. The minimum absolute atomic E-state index is 0.211. The Morgan fingerprint density at radius 3 is 2.22 bits per heavy atom. The number of carbonyl (C=O) groups excluding carboxylic acids is 4. The molecule has 41 heavy (non-hydrogen) atoms. The SMILES string of the molecule is CCCCCCCN(C(=O)C(CC(N)=O)NC(=O)OC(C)(C)C)C(C(=O)Nc1c(C)cccc1Cl)c1ccccc1. The molecule has 2 rings (SSSR count). The highest BCUT2D eigenvalue weighted by atomic mass is 35.5. The second-order valence-corrected chi connectivity index (χ2v) is 11.5. The third-order valence-corrected chi connectivity index (χ3v) is 6.64. The number of aryl methyl sites for hydroxylation is 1. The van der Waals surface area contributed by atoms with Crippen LogP contribution in [0.15, 0.2) is 48.5 Å². The van der Waals surface area contributed by atoms with Crippen LogP contribution in [-0.2, 0) is 19.1 Å². The fourth-order valence-corrected chi connectivity index (χ4v) is 4.66. The van der Waals surface area contributed by atoms with Crippen molar-refractivity contribution in [1.29, 1.82) is 0 Å². The van der Waals surface area contributed by atoms with Crippen LogP contribution >= 0.6 is 11.6 Å². The molecule has 10 heteroatoms. The van der Waals surface area contributed by atoms with E-state index in [2.05, 4.69) is 17.6 Å². The van der Waals surface area contributed by atoms with Gasteiger partial charge in [-0.05, 0) is 51.3 Å². The lowest BCUT2D eigenvalue weighted by atomic mass is 10.0. The summed E-state index contributed by atoms with van der Waals surface area (Å²) in [6, 6.07) is 11.7. The number of alkyl carbamates (subject to hydrolysis) is 1. The lowest BCUT2D eigenvalue weighted by Gasteiger charge is -2.34. The van der Waals surface area contributed by atoms with Crippen molar-refractivity contribution < 1.29 is 23.9 Å². The lowest BCUT2D eigenvalue weighted by molar-refractivity contribution is -0.142. The van der Waals surface area contributed by atoms with Crippen LogP contribution in [0.25, 0.3) is 0 Å². The van der Waals surface area contributed by atoms with Crippen LogP contribution in [0.3, 0.4) is 0 Å². The van der Waals surface area contributed by atoms with Gasteiger partial charge in [-0.25, -0.2) is 4.79 Å². The van der Waals surface area contributed by atoms with Crippen molar-refractivity contribution in [3.05, 3.63) is 64.7 Å². The number of rotatable bonds is 14. The molecule has 0 heterocycles. The van der Waals surface area contributed by atoms with Crippen LogP contribution in [-0.4, -0.2) is 46.9 Å². The Morgan fingerprint density at radius 1 is 0.976 bits per heavy atom. The van der Waals surface area contributed by atoms with Crippen LogP contribution in [0, 0.1) is 6.92 Å². The third-order valence-electron chi connectivity index (χ3n) is 6.33. The van der Waals surface area contributed by atoms with Gasteiger partial charge >= 0.3 is 6.09 Å². The van der Waals surface area contributed by atoms with Gasteiger partial charge < -0.3 is 26.0 Å². The largest absolute Gasteiger partial charge is 0.444 e. The maximum Gasteiger partial charge on any atom is 0.408 e. The molecule has 0 saturated heterocycles. The second-order valence-electron chi connectivity index (χ2n) is 11.0. The number of primary amides is 1. The maximum absolute atomic E-state index is 14.1. The normalized spacial score (nSPS) is 12.6. The van der Waals surface area contributed by atoms with Gasteiger partial charge in [0.2, 0.25) is 11.8 Å². The Kier molecular flexibility index (Phi) is 13.1. The number of hydrogen-bond acceptors (Lipinski definition) is 5. The van der Waals surface area contributed by atoms with Gasteiger partial charge in [-0.2, -0.15) is 0 Å². The van der Waals surface area contributed by atoms with Gasteiger partial charge in [-0.15, -0.1) is 0 Å². The van der Waals surface area contributed by atoms with Crippen molar-refractivity contribution >= 4 is 41.1 Å². The molecule has 0 fully saturated rings. The zero-order valence-corrected chi connectivity index (χ0v) is 25.4. The van der Waals surface area contributed by atoms with E-state index in [-0.39, 0.29) is 6.54 Å². The minimum atomic E-state index is -1.33. The number of anilines is 1. The van der Waals surface area contributed by atoms with E-state index in [0.29, 0.717) is 22.7 Å². The first kappa shape index (κ1) is 33.6. The van der Waals surface area contributed by atoms with Gasteiger partial charge in [0, 0.05) is 6.54 Å². The molecule has 0 aliphatic heterocycles. The van der Waals surface area contributed by atoms with Crippen molar-refractivity contribution in [2.24, 2.45) is 5.73 Å². The Balaban J connectivity index is 2.53. The summed E-state index contributed by atoms with van der Waals surface area (Å²) < 4.78 is 5.34. The van der Waals surface area contributed by atoms with Crippen LogP contribution in [0.5, 0.6) is 0 Å². The first-order valence-electron chi connectivity index (χ1n) is 14.0. The van der Waals surface area contributed by atoms with Crippen LogP contribution in [0.4, 0.5) is 10.5 Å². The highest BCUT2D eigenvalue weighted by molar-refractivity contribution is 6.34. The summed E-state index contributed by atoms with van der Waals surface area (Å²) in [7, 11) is 0. The number of nitrogens with zero attached hydrogens (tertiary/aromatic N) is 1. The van der Waals surface area contributed by atoms with Crippen molar-refractivity contribution in [3.63, 3.8) is 0 Å². The molecular formula is C31H43ClN4O5. The summed E-state index contributed by atoms with van der Waals surface area (Å²) in [6.07, 6.45) is 3.19. The molecule has 4 N–H and O–H groups in total. The summed E-state index contributed by atoms with van der Waals surface area (Å²) in [5.74, 6) is -1.89. The predicted molar refractivity (Wildman–Crippen MR) is 161 cm³/mol. The average molecular weight is 587 g/mol. The van der Waals surface area contributed by atoms with E-state index in [1.165, 1.54) is 4.90 Å². The summed E-state index contributed by atoms with van der Waals surface area (Å²) in [6.45, 7) is 9.20. The molecule has 0 aliphatic rings. The second kappa shape index (κ2) is 16.0. The van der Waals surface area contributed by atoms with Crippen LogP contribution in [0.1, 0.15) is 83.4 Å². The monoisotopic (exact) mass is 586 g/mol. The van der Waals surface area contributed by atoms with Gasteiger partial charge in [0.15, 0.2) is 0 Å². The molecule has 2 aromatic rings. The number of halogens is 1. The Morgan fingerprint density at radius 2 is 1.63 bits per heavy atom. The molecule has 2 unspecified atom stereocenters. The van der Waals surface area contributed by atoms with Crippen molar-refractivity contribution in [3.8, 4) is 0 Å². The Labute approximate surface area is 248 Å². The first-order valence-corrected chi connectivity index (χ1v) is 14.4. The van der Waals surface area contributed by atoms with E-state index < -0.39 is 47.9 Å². The maximum atomic E-state index is 14.1. The number of benzene rings is 2. The van der Waals surface area contributed by atoms with Gasteiger partial charge in [0.1, 0.15) is 17.7 Å². The molecule has 2 atom stereocenters. The standard InChI is InChI=1S/C31H43ClN4O5/c1-6-7-8-9-13-19-36(29(39)24(20-25(33)37)34-30(40)41-31(3,4)5)27(22-16-11-10-12-17-22)28(38)35-26-21(2)15-14-18-23(26)32/h10-12,14-18,24,27H,6-9,13,19-20H2,1-5H3,(H2,33,37)(H,34,40)(H,35,38). The predicted octanol–water partition coefficient (Wildman–Crippen LogP) is 5.90. The number of carbonyl (C=O) groups is 4. The number of unbranched alkanes of at least 4 members (excludes halogenated alkanes) is 4. The Bertz CT molecular complexity index is 1160. The highest BCUT2D eigenvalue weighted by Gasteiger charge is 2.37. The number of para-hydroxylation sites is 1. The zero-order valence-electron chi connectivity index (χ0n) is 24.7. The van der Waals surface area contributed by atoms with Gasteiger partial charge in [0.05, 0.1) is 17.1 Å². The van der Waals surface area contributed by atoms with E-state index in [1.807, 2.05) is 19.1 Å². The number of hydrogen-bond donors (Lipinski definition) is 3. The van der Waals surface area contributed by atoms with E-state index >= 15 is 0 Å². The fraction of sp³-hybridized carbons (Fsp3) is 0.484. The minimum Gasteiger partial charge on any atom is -0.444 e. The number of ether oxygens (including phenoxy) is 1. The third kappa shape index (κ3) is 11.1. The lowest BCUT2D eigenvalue weighted by Crippen LogP contribution is -2.53. The first-order chi connectivity index (χ1) is 19.3. The van der Waals surface area contributed by atoms with E-state index in [1.54, 1.807) is 57.2 Å². The molecule has 0 aliphatic carbocycles. The molecule has 0 bridgehead atoms. The van der Waals surface area contributed by atoms with Crippen molar-refractivity contribution in [2.45, 2.75) is 90.8 Å². The summed E-state index contributed by atoms with van der Waals surface area (Å²) in [5.41, 5.74) is 6.41. The highest BCUT2D eigenvalue weighted by Crippen LogP contribution is 2.30. The topological polar surface area (TPSA) is 131 Å².